The maximum absolute atomic E-state index is 10.4. The minimum Gasteiger partial charge on any atom is -0.385 e. The molecule has 1 atom stereocenters. The summed E-state index contributed by atoms with van der Waals surface area (Å²) < 4.78 is 0. The highest BCUT2D eigenvalue weighted by molar-refractivity contribution is 5.16. The zero-order valence-electron chi connectivity index (χ0n) is 11.9. The van der Waals surface area contributed by atoms with Gasteiger partial charge < -0.3 is 5.11 Å². The first-order chi connectivity index (χ1) is 8.67. The zero-order valence-corrected chi connectivity index (χ0v) is 11.9. The summed E-state index contributed by atoms with van der Waals surface area (Å²) in [5.74, 6) is 0. The molecule has 0 bridgehead atoms. The second kappa shape index (κ2) is 8.25. The van der Waals surface area contributed by atoms with E-state index in [2.05, 4.69) is 11.9 Å². The number of hydrogen-bond acceptors (Lipinski definition) is 2. The molecule has 1 heterocycles. The summed E-state index contributed by atoms with van der Waals surface area (Å²) in [6.45, 7) is 4.13. The third-order valence-corrected chi connectivity index (χ3v) is 3.55. The van der Waals surface area contributed by atoms with Crippen LogP contribution in [0.15, 0.2) is 24.5 Å². The number of unbranched alkanes of at least 4 members (excludes halogenated alkanes) is 6. The monoisotopic (exact) mass is 249 g/mol. The van der Waals surface area contributed by atoms with E-state index in [9.17, 15) is 5.11 Å². The third-order valence-electron chi connectivity index (χ3n) is 3.55. The van der Waals surface area contributed by atoms with Crippen LogP contribution in [0.3, 0.4) is 0 Å². The van der Waals surface area contributed by atoms with Crippen molar-refractivity contribution in [2.75, 3.05) is 0 Å². The SMILES string of the molecule is CCCCCCCCCC(C)(O)c1cccnc1. The van der Waals surface area contributed by atoms with E-state index in [-0.39, 0.29) is 0 Å². The van der Waals surface area contributed by atoms with Crippen LogP contribution in [0, 0.1) is 0 Å². The molecule has 1 unspecified atom stereocenters. The summed E-state index contributed by atoms with van der Waals surface area (Å²) in [5, 5.41) is 10.4. The van der Waals surface area contributed by atoms with E-state index in [0.29, 0.717) is 0 Å². The van der Waals surface area contributed by atoms with Crippen LogP contribution in [-0.4, -0.2) is 10.1 Å². The Bertz CT molecular complexity index is 308. The molecule has 102 valence electrons. The van der Waals surface area contributed by atoms with Gasteiger partial charge in [-0.25, -0.2) is 0 Å². The third kappa shape index (κ3) is 5.63. The highest BCUT2D eigenvalue weighted by atomic mass is 16.3. The van der Waals surface area contributed by atoms with Gasteiger partial charge in [-0.2, -0.15) is 0 Å². The lowest BCUT2D eigenvalue weighted by atomic mass is 9.91. The Kier molecular flexibility index (Phi) is 6.96. The first kappa shape index (κ1) is 15.2. The standard InChI is InChI=1S/C16H27NO/c1-3-4-5-6-7-8-9-12-16(2,18)15-11-10-13-17-14-15/h10-11,13-14,18H,3-9,12H2,1-2H3. The molecule has 1 aromatic heterocycles. The Morgan fingerprint density at radius 3 is 2.39 bits per heavy atom. The largest absolute Gasteiger partial charge is 0.385 e. The molecule has 1 rings (SSSR count). The van der Waals surface area contributed by atoms with Gasteiger partial charge >= 0.3 is 0 Å². The van der Waals surface area contributed by atoms with Crippen LogP contribution in [-0.2, 0) is 5.60 Å². The summed E-state index contributed by atoms with van der Waals surface area (Å²) in [5.41, 5.74) is 0.202. The fraction of sp³-hybridized carbons (Fsp3) is 0.688. The molecule has 0 aromatic carbocycles. The maximum Gasteiger partial charge on any atom is 0.0883 e. The number of pyridine rings is 1. The van der Waals surface area contributed by atoms with Gasteiger partial charge in [-0.1, -0.05) is 57.9 Å². The first-order valence-electron chi connectivity index (χ1n) is 7.29. The molecule has 18 heavy (non-hydrogen) atoms. The van der Waals surface area contributed by atoms with E-state index in [4.69, 9.17) is 0 Å². The van der Waals surface area contributed by atoms with Gasteiger partial charge in [0.15, 0.2) is 0 Å². The molecule has 1 aromatic rings. The first-order valence-corrected chi connectivity index (χ1v) is 7.29. The Hall–Kier alpha value is -0.890. The average molecular weight is 249 g/mol. The molecule has 0 spiro atoms. The molecule has 0 saturated heterocycles. The Morgan fingerprint density at radius 1 is 1.11 bits per heavy atom. The second-order valence-corrected chi connectivity index (χ2v) is 5.39. The second-order valence-electron chi connectivity index (χ2n) is 5.39. The van der Waals surface area contributed by atoms with Gasteiger partial charge in [0.25, 0.3) is 0 Å². The van der Waals surface area contributed by atoms with Crippen LogP contribution >= 0.6 is 0 Å². The number of nitrogens with zero attached hydrogens (tertiary/aromatic N) is 1. The van der Waals surface area contributed by atoms with Gasteiger partial charge in [-0.05, 0) is 19.4 Å². The van der Waals surface area contributed by atoms with Gasteiger partial charge in [-0.15, -0.1) is 0 Å². The lowest BCUT2D eigenvalue weighted by Crippen LogP contribution is -2.21. The van der Waals surface area contributed by atoms with Crippen molar-refractivity contribution in [2.45, 2.75) is 70.8 Å². The molecule has 0 saturated carbocycles. The van der Waals surface area contributed by atoms with Gasteiger partial charge in [0.05, 0.1) is 5.60 Å². The van der Waals surface area contributed by atoms with Crippen molar-refractivity contribution >= 4 is 0 Å². The molecular formula is C16H27NO. The summed E-state index contributed by atoms with van der Waals surface area (Å²) in [4.78, 5) is 4.07. The minimum absolute atomic E-state index is 0.725. The van der Waals surface area contributed by atoms with E-state index in [1.54, 1.807) is 12.4 Å². The van der Waals surface area contributed by atoms with Crippen LogP contribution in [0.2, 0.25) is 0 Å². The number of rotatable bonds is 9. The van der Waals surface area contributed by atoms with Gasteiger partial charge in [0.2, 0.25) is 0 Å². The highest BCUT2D eigenvalue weighted by Gasteiger charge is 2.22. The molecule has 0 radical (unpaired) electrons. The molecule has 0 aliphatic rings. The summed E-state index contributed by atoms with van der Waals surface area (Å²) in [6, 6.07) is 3.84. The quantitative estimate of drug-likeness (QED) is 0.657. The molecule has 0 aliphatic heterocycles. The van der Waals surface area contributed by atoms with Gasteiger partial charge in [-0.3, -0.25) is 4.98 Å². The van der Waals surface area contributed by atoms with Crippen molar-refractivity contribution < 1.29 is 5.11 Å². The molecule has 0 fully saturated rings. The van der Waals surface area contributed by atoms with Crippen LogP contribution < -0.4 is 0 Å². The summed E-state index contributed by atoms with van der Waals surface area (Å²) >= 11 is 0. The van der Waals surface area contributed by atoms with E-state index in [0.717, 1.165) is 18.4 Å². The van der Waals surface area contributed by atoms with Gasteiger partial charge in [0.1, 0.15) is 0 Å². The van der Waals surface area contributed by atoms with Crippen LogP contribution in [0.4, 0.5) is 0 Å². The number of aromatic nitrogens is 1. The number of aliphatic hydroxyl groups is 1. The summed E-state index contributed by atoms with van der Waals surface area (Å²) in [6.07, 6.45) is 13.3. The predicted octanol–water partition coefficient (Wildman–Crippen LogP) is 4.43. The average Bonchev–Trinajstić information content (AvgIpc) is 2.39. The lowest BCUT2D eigenvalue weighted by molar-refractivity contribution is 0.0445. The maximum atomic E-state index is 10.4. The highest BCUT2D eigenvalue weighted by Crippen LogP contribution is 2.26. The Balaban J connectivity index is 2.18. The fourth-order valence-corrected chi connectivity index (χ4v) is 2.25. The minimum atomic E-state index is -0.725. The van der Waals surface area contributed by atoms with Crippen LogP contribution in [0.25, 0.3) is 0 Å². The predicted molar refractivity (Wildman–Crippen MR) is 76.4 cm³/mol. The number of hydrogen-bond donors (Lipinski definition) is 1. The molecule has 0 aliphatic carbocycles. The van der Waals surface area contributed by atoms with Gasteiger partial charge in [0, 0.05) is 18.0 Å². The molecule has 2 heteroatoms. The van der Waals surface area contributed by atoms with Crippen molar-refractivity contribution in [3.05, 3.63) is 30.1 Å². The van der Waals surface area contributed by atoms with Crippen molar-refractivity contribution in [1.29, 1.82) is 0 Å². The van der Waals surface area contributed by atoms with Crippen LogP contribution in [0.1, 0.15) is 70.8 Å². The Labute approximate surface area is 111 Å². The molecule has 1 N–H and O–H groups in total. The van der Waals surface area contributed by atoms with E-state index in [1.807, 2.05) is 19.1 Å². The van der Waals surface area contributed by atoms with Crippen molar-refractivity contribution in [1.82, 2.24) is 4.98 Å². The summed E-state index contributed by atoms with van der Waals surface area (Å²) in [7, 11) is 0. The molecule has 0 amide bonds. The molecular weight excluding hydrogens is 222 g/mol. The fourth-order valence-electron chi connectivity index (χ4n) is 2.25. The smallest absolute Gasteiger partial charge is 0.0883 e. The lowest BCUT2D eigenvalue weighted by Gasteiger charge is -2.23. The topological polar surface area (TPSA) is 33.1 Å². The normalized spacial score (nSPS) is 14.4. The van der Waals surface area contributed by atoms with Crippen molar-refractivity contribution in [2.24, 2.45) is 0 Å². The van der Waals surface area contributed by atoms with Crippen molar-refractivity contribution in [3.63, 3.8) is 0 Å². The zero-order chi connectivity index (χ0) is 13.3. The van der Waals surface area contributed by atoms with E-state index in [1.165, 1.54) is 38.5 Å². The van der Waals surface area contributed by atoms with Crippen LogP contribution in [0.5, 0.6) is 0 Å². The van der Waals surface area contributed by atoms with E-state index < -0.39 is 5.60 Å². The van der Waals surface area contributed by atoms with Crippen molar-refractivity contribution in [3.8, 4) is 0 Å². The Morgan fingerprint density at radius 2 is 1.78 bits per heavy atom. The molecule has 2 nitrogen and oxygen atoms in total. The van der Waals surface area contributed by atoms with E-state index >= 15 is 0 Å².